The number of aryl methyl sites for hydroxylation is 2. The van der Waals surface area contributed by atoms with Gasteiger partial charge in [0.15, 0.2) is 6.61 Å². The summed E-state index contributed by atoms with van der Waals surface area (Å²) in [7, 11) is 0. The number of hydrogen-bond acceptors (Lipinski definition) is 3. The molecule has 0 aliphatic heterocycles. The lowest BCUT2D eigenvalue weighted by molar-refractivity contribution is -0.139. The lowest BCUT2D eigenvalue weighted by atomic mass is 9.89. The summed E-state index contributed by atoms with van der Waals surface area (Å²) in [5.74, 6) is -0.512. The molecular formula is C17H25NO4. The van der Waals surface area contributed by atoms with Crippen molar-refractivity contribution in [2.75, 3.05) is 6.61 Å². The van der Waals surface area contributed by atoms with Crippen molar-refractivity contribution in [1.29, 1.82) is 0 Å². The van der Waals surface area contributed by atoms with Gasteiger partial charge in [0.05, 0.1) is 12.0 Å². The topological polar surface area (TPSA) is 75.6 Å². The quantitative estimate of drug-likeness (QED) is 0.774. The number of aliphatic carboxylic acids is 1. The summed E-state index contributed by atoms with van der Waals surface area (Å²) in [6, 6.07) is 5.78. The van der Waals surface area contributed by atoms with Crippen LogP contribution >= 0.6 is 0 Å². The van der Waals surface area contributed by atoms with E-state index in [-0.39, 0.29) is 18.9 Å². The minimum absolute atomic E-state index is 0.0882. The third-order valence-corrected chi connectivity index (χ3v) is 4.00. The molecule has 22 heavy (non-hydrogen) atoms. The molecule has 0 atom stereocenters. The number of ether oxygens (including phenoxy) is 1. The highest BCUT2D eigenvalue weighted by molar-refractivity contribution is 5.79. The standard InChI is InChI=1S/C17H25NO4/c1-5-17(6-2,10-15(20)21)18-14(19)11-22-16-12(3)8-7-9-13(16)4/h7-9H,5-6,10-11H2,1-4H3,(H,18,19)(H,20,21). The monoisotopic (exact) mass is 307 g/mol. The third-order valence-electron chi connectivity index (χ3n) is 4.00. The molecule has 1 aromatic carbocycles. The molecule has 1 amide bonds. The first-order valence-electron chi connectivity index (χ1n) is 7.55. The van der Waals surface area contributed by atoms with Gasteiger partial charge in [0.25, 0.3) is 5.91 Å². The Morgan fingerprint density at radius 3 is 2.18 bits per heavy atom. The third kappa shape index (κ3) is 4.76. The molecule has 0 bridgehead atoms. The molecule has 0 fully saturated rings. The molecule has 122 valence electrons. The van der Waals surface area contributed by atoms with Gasteiger partial charge in [-0.2, -0.15) is 0 Å². The Morgan fingerprint density at radius 2 is 1.73 bits per heavy atom. The minimum Gasteiger partial charge on any atom is -0.483 e. The maximum absolute atomic E-state index is 12.1. The zero-order valence-corrected chi connectivity index (χ0v) is 13.7. The van der Waals surface area contributed by atoms with Crippen molar-refractivity contribution in [3.63, 3.8) is 0 Å². The van der Waals surface area contributed by atoms with Gasteiger partial charge in [0, 0.05) is 0 Å². The number of carboxylic acids is 1. The van der Waals surface area contributed by atoms with Crippen molar-refractivity contribution >= 4 is 11.9 Å². The van der Waals surface area contributed by atoms with Crippen LogP contribution in [-0.4, -0.2) is 29.1 Å². The Bertz CT molecular complexity index is 515. The summed E-state index contributed by atoms with van der Waals surface area (Å²) in [4.78, 5) is 23.1. The van der Waals surface area contributed by atoms with Gasteiger partial charge in [-0.05, 0) is 37.8 Å². The predicted molar refractivity (Wildman–Crippen MR) is 85.1 cm³/mol. The Labute approximate surface area is 131 Å². The molecule has 0 unspecified atom stereocenters. The van der Waals surface area contributed by atoms with E-state index in [0.717, 1.165) is 11.1 Å². The Kier molecular flexibility index (Phi) is 6.40. The highest BCUT2D eigenvalue weighted by Gasteiger charge is 2.31. The summed E-state index contributed by atoms with van der Waals surface area (Å²) < 4.78 is 5.61. The lowest BCUT2D eigenvalue weighted by Gasteiger charge is -2.31. The van der Waals surface area contributed by atoms with E-state index in [9.17, 15) is 9.59 Å². The number of para-hydroxylation sites is 1. The maximum atomic E-state index is 12.1. The van der Waals surface area contributed by atoms with Gasteiger partial charge in [-0.1, -0.05) is 32.0 Å². The number of benzene rings is 1. The first-order chi connectivity index (χ1) is 10.3. The molecule has 0 saturated carbocycles. The fourth-order valence-corrected chi connectivity index (χ4v) is 2.51. The van der Waals surface area contributed by atoms with Crippen LogP contribution in [0, 0.1) is 13.8 Å². The molecule has 1 aromatic rings. The average molecular weight is 307 g/mol. The van der Waals surface area contributed by atoms with Crippen molar-refractivity contribution in [3.05, 3.63) is 29.3 Å². The van der Waals surface area contributed by atoms with Gasteiger partial charge in [-0.15, -0.1) is 0 Å². The number of rotatable bonds is 8. The first kappa shape index (κ1) is 18.0. The predicted octanol–water partition coefficient (Wildman–Crippen LogP) is 2.83. The number of nitrogens with one attached hydrogen (secondary N) is 1. The normalized spacial score (nSPS) is 11.1. The highest BCUT2D eigenvalue weighted by Crippen LogP contribution is 2.23. The Hall–Kier alpha value is -2.04. The molecule has 0 saturated heterocycles. The van der Waals surface area contributed by atoms with Crippen LogP contribution in [0.1, 0.15) is 44.2 Å². The summed E-state index contributed by atoms with van der Waals surface area (Å²) >= 11 is 0. The number of carboxylic acid groups (broad SMARTS) is 1. The van der Waals surface area contributed by atoms with E-state index >= 15 is 0 Å². The summed E-state index contributed by atoms with van der Waals surface area (Å²) in [6.07, 6.45) is 1.03. The lowest BCUT2D eigenvalue weighted by Crippen LogP contribution is -2.50. The summed E-state index contributed by atoms with van der Waals surface area (Å²) in [6.45, 7) is 7.48. The van der Waals surface area contributed by atoms with E-state index in [1.165, 1.54) is 0 Å². The second-order valence-electron chi connectivity index (χ2n) is 5.62. The number of amides is 1. The summed E-state index contributed by atoms with van der Waals surface area (Å²) in [5.41, 5.74) is 1.22. The average Bonchev–Trinajstić information content (AvgIpc) is 2.45. The molecule has 0 aliphatic rings. The molecular weight excluding hydrogens is 282 g/mol. The van der Waals surface area contributed by atoms with Gasteiger partial charge in [-0.3, -0.25) is 9.59 Å². The molecule has 0 spiro atoms. The van der Waals surface area contributed by atoms with Crippen molar-refractivity contribution in [3.8, 4) is 5.75 Å². The highest BCUT2D eigenvalue weighted by atomic mass is 16.5. The molecule has 2 N–H and O–H groups in total. The Balaban J connectivity index is 2.70. The van der Waals surface area contributed by atoms with Crippen LogP contribution in [-0.2, 0) is 9.59 Å². The maximum Gasteiger partial charge on any atom is 0.305 e. The number of carbonyl (C=O) groups is 2. The Morgan fingerprint density at radius 1 is 1.18 bits per heavy atom. The van der Waals surface area contributed by atoms with Crippen molar-refractivity contribution in [2.45, 2.75) is 52.5 Å². The van der Waals surface area contributed by atoms with Gasteiger partial charge in [0.1, 0.15) is 5.75 Å². The number of carbonyl (C=O) groups excluding carboxylic acids is 1. The van der Waals surface area contributed by atoms with Crippen molar-refractivity contribution in [2.24, 2.45) is 0 Å². The van der Waals surface area contributed by atoms with Crippen molar-refractivity contribution < 1.29 is 19.4 Å². The number of hydrogen-bond donors (Lipinski definition) is 2. The van der Waals surface area contributed by atoms with E-state index in [0.29, 0.717) is 18.6 Å². The molecule has 0 aromatic heterocycles. The van der Waals surface area contributed by atoms with Crippen LogP contribution in [0.3, 0.4) is 0 Å². The van der Waals surface area contributed by atoms with Crippen LogP contribution in [0.4, 0.5) is 0 Å². The van der Waals surface area contributed by atoms with Crippen molar-refractivity contribution in [1.82, 2.24) is 5.32 Å². The fourth-order valence-electron chi connectivity index (χ4n) is 2.51. The molecule has 0 aliphatic carbocycles. The van der Waals surface area contributed by atoms with Gasteiger partial charge in [0.2, 0.25) is 0 Å². The molecule has 0 radical (unpaired) electrons. The second kappa shape index (κ2) is 7.82. The smallest absolute Gasteiger partial charge is 0.305 e. The summed E-state index contributed by atoms with van der Waals surface area (Å²) in [5, 5.41) is 11.8. The zero-order chi connectivity index (χ0) is 16.8. The molecule has 5 nitrogen and oxygen atoms in total. The van der Waals surface area contributed by atoms with E-state index in [1.807, 2.05) is 45.9 Å². The largest absolute Gasteiger partial charge is 0.483 e. The van der Waals surface area contributed by atoms with E-state index in [2.05, 4.69) is 5.32 Å². The van der Waals surface area contributed by atoms with Crippen LogP contribution < -0.4 is 10.1 Å². The minimum atomic E-state index is -0.917. The van der Waals surface area contributed by atoms with Crippen LogP contribution in [0.25, 0.3) is 0 Å². The van der Waals surface area contributed by atoms with Gasteiger partial charge in [-0.25, -0.2) is 0 Å². The van der Waals surface area contributed by atoms with E-state index in [4.69, 9.17) is 9.84 Å². The molecule has 1 rings (SSSR count). The van der Waals surface area contributed by atoms with E-state index in [1.54, 1.807) is 0 Å². The van der Waals surface area contributed by atoms with E-state index < -0.39 is 11.5 Å². The zero-order valence-electron chi connectivity index (χ0n) is 13.7. The second-order valence-corrected chi connectivity index (χ2v) is 5.62. The van der Waals surface area contributed by atoms with Crippen LogP contribution in [0.15, 0.2) is 18.2 Å². The first-order valence-corrected chi connectivity index (χ1v) is 7.55. The SMILES string of the molecule is CCC(CC)(CC(=O)O)NC(=O)COc1c(C)cccc1C. The molecule has 0 heterocycles. The van der Waals surface area contributed by atoms with Crippen LogP contribution in [0.5, 0.6) is 5.75 Å². The van der Waals surface area contributed by atoms with Gasteiger partial charge < -0.3 is 15.2 Å². The van der Waals surface area contributed by atoms with Crippen LogP contribution in [0.2, 0.25) is 0 Å². The fraction of sp³-hybridized carbons (Fsp3) is 0.529. The van der Waals surface area contributed by atoms with Gasteiger partial charge >= 0.3 is 5.97 Å². The molecule has 5 heteroatoms.